The molecule has 0 bridgehead atoms. The van der Waals surface area contributed by atoms with Crippen LogP contribution in [0.4, 0.5) is 0 Å². The van der Waals surface area contributed by atoms with Gasteiger partial charge in [-0.05, 0) is 36.7 Å². The average Bonchev–Trinajstić information content (AvgIpc) is 2.67. The van der Waals surface area contributed by atoms with E-state index in [1.165, 1.54) is 24.2 Å². The summed E-state index contributed by atoms with van der Waals surface area (Å²) in [6.07, 6.45) is 2.17. The first kappa shape index (κ1) is 11.0. The van der Waals surface area contributed by atoms with Crippen LogP contribution in [0.2, 0.25) is 0 Å². The fourth-order valence-corrected chi connectivity index (χ4v) is 2.88. The molecule has 2 aliphatic carbocycles. The standard InChI is InChI=1S/C13H22O2/c1-8-5-6-10-11(13(10,3)4)12(8)15-7-9(2)14/h8-10,14H,5-7H2,1-4H3. The van der Waals surface area contributed by atoms with Crippen molar-refractivity contribution in [2.45, 2.75) is 46.6 Å². The summed E-state index contributed by atoms with van der Waals surface area (Å²) in [6, 6.07) is 0. The van der Waals surface area contributed by atoms with E-state index in [0.717, 1.165) is 5.92 Å². The van der Waals surface area contributed by atoms with Gasteiger partial charge < -0.3 is 9.84 Å². The van der Waals surface area contributed by atoms with Crippen molar-refractivity contribution in [1.82, 2.24) is 0 Å². The van der Waals surface area contributed by atoms with Gasteiger partial charge in [-0.25, -0.2) is 0 Å². The van der Waals surface area contributed by atoms with E-state index in [0.29, 0.717) is 17.9 Å². The molecule has 1 fully saturated rings. The molecule has 2 aliphatic rings. The zero-order valence-corrected chi connectivity index (χ0v) is 10.2. The Hall–Kier alpha value is -0.500. The molecule has 0 saturated heterocycles. The van der Waals surface area contributed by atoms with Crippen LogP contribution >= 0.6 is 0 Å². The van der Waals surface area contributed by atoms with Crippen LogP contribution in [0, 0.1) is 17.3 Å². The zero-order chi connectivity index (χ0) is 11.2. The minimum absolute atomic E-state index is 0.360. The molecule has 86 valence electrons. The summed E-state index contributed by atoms with van der Waals surface area (Å²) in [4.78, 5) is 0. The van der Waals surface area contributed by atoms with Crippen LogP contribution in [0.3, 0.4) is 0 Å². The fourth-order valence-electron chi connectivity index (χ4n) is 2.88. The maximum Gasteiger partial charge on any atom is 0.113 e. The Balaban J connectivity index is 2.12. The predicted octanol–water partition coefficient (Wildman–Crippen LogP) is 2.72. The second kappa shape index (κ2) is 3.51. The predicted molar refractivity (Wildman–Crippen MR) is 60.3 cm³/mol. The Morgan fingerprint density at radius 3 is 2.73 bits per heavy atom. The Kier molecular flexibility index (Phi) is 2.58. The third-order valence-electron chi connectivity index (χ3n) is 3.91. The number of fused-ring (bicyclic) bond motifs is 1. The molecular weight excluding hydrogens is 188 g/mol. The monoisotopic (exact) mass is 210 g/mol. The number of hydrogen-bond acceptors (Lipinski definition) is 2. The Bertz CT molecular complexity index is 289. The van der Waals surface area contributed by atoms with Crippen molar-refractivity contribution in [3.05, 3.63) is 11.3 Å². The Morgan fingerprint density at radius 2 is 2.13 bits per heavy atom. The van der Waals surface area contributed by atoms with Crippen molar-refractivity contribution in [2.24, 2.45) is 17.3 Å². The molecule has 1 saturated carbocycles. The molecule has 1 N–H and O–H groups in total. The summed E-state index contributed by atoms with van der Waals surface area (Å²) >= 11 is 0. The molecule has 0 heterocycles. The highest BCUT2D eigenvalue weighted by atomic mass is 16.5. The third kappa shape index (κ3) is 1.80. The maximum atomic E-state index is 9.25. The largest absolute Gasteiger partial charge is 0.495 e. The van der Waals surface area contributed by atoms with E-state index in [9.17, 15) is 5.11 Å². The smallest absolute Gasteiger partial charge is 0.113 e. The van der Waals surface area contributed by atoms with Crippen LogP contribution in [-0.2, 0) is 4.74 Å². The summed E-state index contributed by atoms with van der Waals surface area (Å²) in [7, 11) is 0. The second-order valence-corrected chi connectivity index (χ2v) is 5.69. The van der Waals surface area contributed by atoms with Gasteiger partial charge in [-0.3, -0.25) is 0 Å². The molecule has 2 rings (SSSR count). The van der Waals surface area contributed by atoms with Crippen LogP contribution in [0.1, 0.15) is 40.5 Å². The summed E-state index contributed by atoms with van der Waals surface area (Å²) in [6.45, 7) is 9.04. The number of ether oxygens (including phenoxy) is 1. The number of aliphatic hydroxyl groups is 1. The van der Waals surface area contributed by atoms with E-state index in [4.69, 9.17) is 4.74 Å². The number of allylic oxidation sites excluding steroid dienone is 2. The van der Waals surface area contributed by atoms with Crippen molar-refractivity contribution < 1.29 is 9.84 Å². The van der Waals surface area contributed by atoms with Crippen molar-refractivity contribution in [2.75, 3.05) is 6.61 Å². The molecule has 0 aromatic heterocycles. The van der Waals surface area contributed by atoms with Gasteiger partial charge in [-0.2, -0.15) is 0 Å². The molecule has 3 unspecified atom stereocenters. The zero-order valence-electron chi connectivity index (χ0n) is 10.2. The van der Waals surface area contributed by atoms with Gasteiger partial charge in [-0.15, -0.1) is 0 Å². The second-order valence-electron chi connectivity index (χ2n) is 5.69. The molecule has 0 aliphatic heterocycles. The van der Waals surface area contributed by atoms with Crippen LogP contribution in [0.25, 0.3) is 0 Å². The lowest BCUT2D eigenvalue weighted by Gasteiger charge is -2.21. The number of hydrogen-bond donors (Lipinski definition) is 1. The molecule has 2 heteroatoms. The summed E-state index contributed by atoms with van der Waals surface area (Å²) in [5.41, 5.74) is 1.88. The van der Waals surface area contributed by atoms with Crippen molar-refractivity contribution in [1.29, 1.82) is 0 Å². The van der Waals surface area contributed by atoms with Crippen molar-refractivity contribution in [3.8, 4) is 0 Å². The summed E-state index contributed by atoms with van der Waals surface area (Å²) < 4.78 is 5.78. The van der Waals surface area contributed by atoms with Gasteiger partial charge in [0.2, 0.25) is 0 Å². The van der Waals surface area contributed by atoms with E-state index in [-0.39, 0.29) is 6.10 Å². The van der Waals surface area contributed by atoms with Crippen molar-refractivity contribution >= 4 is 0 Å². The highest BCUT2D eigenvalue weighted by molar-refractivity contribution is 5.41. The number of aliphatic hydroxyl groups excluding tert-OH is 1. The summed E-state index contributed by atoms with van der Waals surface area (Å²) in [5, 5.41) is 9.25. The molecule has 0 radical (unpaired) electrons. The Labute approximate surface area is 92.3 Å². The molecule has 2 nitrogen and oxygen atoms in total. The maximum absolute atomic E-state index is 9.25. The first-order chi connectivity index (χ1) is 6.94. The van der Waals surface area contributed by atoms with Crippen LogP contribution in [0.5, 0.6) is 0 Å². The highest BCUT2D eigenvalue weighted by Gasteiger charge is 2.56. The normalized spacial score (nSPS) is 34.7. The minimum atomic E-state index is -0.368. The third-order valence-corrected chi connectivity index (χ3v) is 3.91. The summed E-state index contributed by atoms with van der Waals surface area (Å²) in [5.74, 6) is 2.46. The molecule has 0 amide bonds. The average molecular weight is 210 g/mol. The lowest BCUT2D eigenvalue weighted by molar-refractivity contribution is 0.0691. The SMILES string of the molecule is CC(O)COC1=C2C(CCC1C)C2(C)C. The van der Waals surface area contributed by atoms with Crippen LogP contribution in [-0.4, -0.2) is 17.8 Å². The topological polar surface area (TPSA) is 29.5 Å². The lowest BCUT2D eigenvalue weighted by atomic mass is 9.95. The van der Waals surface area contributed by atoms with E-state index in [1.54, 1.807) is 6.92 Å². The van der Waals surface area contributed by atoms with Gasteiger partial charge >= 0.3 is 0 Å². The van der Waals surface area contributed by atoms with E-state index < -0.39 is 0 Å². The highest BCUT2D eigenvalue weighted by Crippen LogP contribution is 2.65. The number of rotatable bonds is 3. The molecule has 0 aromatic carbocycles. The molecule has 0 spiro atoms. The van der Waals surface area contributed by atoms with Gasteiger partial charge in [0.15, 0.2) is 0 Å². The minimum Gasteiger partial charge on any atom is -0.495 e. The quantitative estimate of drug-likeness (QED) is 0.776. The van der Waals surface area contributed by atoms with Crippen molar-refractivity contribution in [3.63, 3.8) is 0 Å². The van der Waals surface area contributed by atoms with Crippen LogP contribution in [0.15, 0.2) is 11.3 Å². The van der Waals surface area contributed by atoms with Gasteiger partial charge in [0.1, 0.15) is 6.61 Å². The fraction of sp³-hybridized carbons (Fsp3) is 0.846. The van der Waals surface area contributed by atoms with Gasteiger partial charge in [-0.1, -0.05) is 20.8 Å². The molecular formula is C13H22O2. The molecule has 15 heavy (non-hydrogen) atoms. The Morgan fingerprint density at radius 1 is 1.47 bits per heavy atom. The first-order valence-electron chi connectivity index (χ1n) is 6.00. The first-order valence-corrected chi connectivity index (χ1v) is 6.00. The molecule has 0 aromatic rings. The van der Waals surface area contributed by atoms with Gasteiger partial charge in [0.05, 0.1) is 11.9 Å². The lowest BCUT2D eigenvalue weighted by Crippen LogP contribution is -2.15. The van der Waals surface area contributed by atoms with Gasteiger partial charge in [0, 0.05) is 5.92 Å². The van der Waals surface area contributed by atoms with Crippen LogP contribution < -0.4 is 0 Å². The van der Waals surface area contributed by atoms with E-state index in [1.807, 2.05) is 0 Å². The van der Waals surface area contributed by atoms with E-state index >= 15 is 0 Å². The van der Waals surface area contributed by atoms with Gasteiger partial charge in [0.25, 0.3) is 0 Å². The van der Waals surface area contributed by atoms with E-state index in [2.05, 4.69) is 20.8 Å². The molecule has 3 atom stereocenters.